The monoisotopic (exact) mass is 438 g/mol. The van der Waals surface area contributed by atoms with E-state index in [-0.39, 0.29) is 24.3 Å². The number of hydrogen-bond acceptors (Lipinski definition) is 5. The summed E-state index contributed by atoms with van der Waals surface area (Å²) in [5.74, 6) is 1.33. The first-order valence-corrected chi connectivity index (χ1v) is 11.0. The summed E-state index contributed by atoms with van der Waals surface area (Å²) in [6, 6.07) is 11.0. The van der Waals surface area contributed by atoms with Gasteiger partial charge in [-0.25, -0.2) is 0 Å². The zero-order chi connectivity index (χ0) is 22.7. The molecule has 0 spiro atoms. The van der Waals surface area contributed by atoms with Crippen molar-refractivity contribution in [1.29, 1.82) is 0 Å². The zero-order valence-corrected chi connectivity index (χ0v) is 18.8. The molecule has 2 aromatic carbocycles. The van der Waals surface area contributed by atoms with Crippen molar-refractivity contribution in [1.82, 2.24) is 10.2 Å². The van der Waals surface area contributed by atoms with Crippen LogP contribution in [0.15, 0.2) is 36.4 Å². The van der Waals surface area contributed by atoms with Crippen LogP contribution >= 0.6 is 0 Å². The topological polar surface area (TPSA) is 77.1 Å². The largest absolute Gasteiger partial charge is 0.493 e. The maximum absolute atomic E-state index is 13.3. The van der Waals surface area contributed by atoms with E-state index in [1.165, 1.54) is 0 Å². The molecule has 0 saturated heterocycles. The third-order valence-electron chi connectivity index (χ3n) is 6.40. The van der Waals surface area contributed by atoms with Gasteiger partial charge >= 0.3 is 0 Å². The molecular formula is C25H30N2O5. The first-order valence-electron chi connectivity index (χ1n) is 11.0. The van der Waals surface area contributed by atoms with Crippen LogP contribution in [0.25, 0.3) is 0 Å². The summed E-state index contributed by atoms with van der Waals surface area (Å²) >= 11 is 0. The van der Waals surface area contributed by atoms with Gasteiger partial charge in [-0.05, 0) is 42.2 Å². The predicted molar refractivity (Wildman–Crippen MR) is 120 cm³/mol. The second kappa shape index (κ2) is 9.51. The average molecular weight is 439 g/mol. The van der Waals surface area contributed by atoms with Crippen LogP contribution in [0.2, 0.25) is 0 Å². The van der Waals surface area contributed by atoms with Crippen LogP contribution in [0, 0.1) is 0 Å². The fraction of sp³-hybridized carbons (Fsp3) is 0.440. The average Bonchev–Trinajstić information content (AvgIpc) is 3.44. The van der Waals surface area contributed by atoms with Crippen LogP contribution in [0.5, 0.6) is 17.2 Å². The Kier molecular flexibility index (Phi) is 6.53. The number of amides is 2. The van der Waals surface area contributed by atoms with Gasteiger partial charge in [0, 0.05) is 18.2 Å². The van der Waals surface area contributed by atoms with Crippen molar-refractivity contribution >= 4 is 11.8 Å². The first-order chi connectivity index (χ1) is 15.5. The Hall–Kier alpha value is -3.22. The molecule has 1 N–H and O–H groups in total. The van der Waals surface area contributed by atoms with Gasteiger partial charge in [0.2, 0.25) is 11.7 Å². The number of carbonyl (C=O) groups excluding carboxylic acids is 2. The Bertz CT molecular complexity index is 975. The van der Waals surface area contributed by atoms with E-state index in [1.54, 1.807) is 26.2 Å². The van der Waals surface area contributed by atoms with Crippen LogP contribution in [-0.2, 0) is 11.3 Å². The van der Waals surface area contributed by atoms with Crippen molar-refractivity contribution in [2.45, 2.75) is 50.7 Å². The van der Waals surface area contributed by atoms with E-state index in [0.29, 0.717) is 29.4 Å². The van der Waals surface area contributed by atoms with Crippen molar-refractivity contribution < 1.29 is 23.8 Å². The summed E-state index contributed by atoms with van der Waals surface area (Å²) in [4.78, 5) is 28.1. The molecular weight excluding hydrogens is 408 g/mol. The number of nitrogens with one attached hydrogen (secondary N) is 1. The van der Waals surface area contributed by atoms with Gasteiger partial charge in [0.25, 0.3) is 5.91 Å². The molecule has 2 amide bonds. The molecule has 2 aromatic rings. The highest BCUT2D eigenvalue weighted by atomic mass is 16.5. The number of hydrogen-bond donors (Lipinski definition) is 1. The third kappa shape index (κ3) is 4.24. The summed E-state index contributed by atoms with van der Waals surface area (Å²) in [5.41, 5.74) is 2.41. The van der Waals surface area contributed by atoms with Gasteiger partial charge in [-0.3, -0.25) is 9.59 Å². The predicted octanol–water partition coefficient (Wildman–Crippen LogP) is 3.86. The van der Waals surface area contributed by atoms with E-state index < -0.39 is 6.04 Å². The second-order valence-corrected chi connectivity index (χ2v) is 8.32. The highest BCUT2D eigenvalue weighted by Crippen LogP contribution is 2.43. The van der Waals surface area contributed by atoms with Crippen molar-refractivity contribution in [3.8, 4) is 17.2 Å². The highest BCUT2D eigenvalue weighted by molar-refractivity contribution is 5.99. The molecule has 2 aliphatic rings. The molecule has 7 heteroatoms. The minimum Gasteiger partial charge on any atom is -0.493 e. The second-order valence-electron chi connectivity index (χ2n) is 8.32. The maximum Gasteiger partial charge on any atom is 0.255 e. The maximum atomic E-state index is 13.3. The molecule has 1 unspecified atom stereocenters. The van der Waals surface area contributed by atoms with E-state index >= 15 is 0 Å². The van der Waals surface area contributed by atoms with Crippen molar-refractivity contribution in [2.24, 2.45) is 0 Å². The lowest BCUT2D eigenvalue weighted by Gasteiger charge is -2.29. The van der Waals surface area contributed by atoms with E-state index in [0.717, 1.165) is 36.8 Å². The van der Waals surface area contributed by atoms with Gasteiger partial charge in [-0.15, -0.1) is 0 Å². The van der Waals surface area contributed by atoms with Crippen LogP contribution < -0.4 is 19.5 Å². The number of ether oxygens (including phenoxy) is 3. The molecule has 4 rings (SSSR count). The van der Waals surface area contributed by atoms with Crippen LogP contribution in [0.4, 0.5) is 0 Å². The van der Waals surface area contributed by atoms with Crippen molar-refractivity contribution in [3.63, 3.8) is 0 Å². The number of rotatable bonds is 8. The number of benzene rings is 2. The first kappa shape index (κ1) is 22.0. The summed E-state index contributed by atoms with van der Waals surface area (Å²) in [5, 5.41) is 3.15. The smallest absolute Gasteiger partial charge is 0.255 e. The summed E-state index contributed by atoms with van der Waals surface area (Å²) in [6.07, 6.45) is 4.46. The minimum atomic E-state index is -0.468. The molecule has 1 heterocycles. The Morgan fingerprint density at radius 3 is 2.31 bits per heavy atom. The number of fused-ring (bicyclic) bond motifs is 1. The molecule has 0 radical (unpaired) electrons. The van der Waals surface area contributed by atoms with E-state index in [9.17, 15) is 9.59 Å². The lowest BCUT2D eigenvalue weighted by atomic mass is 9.99. The third-order valence-corrected chi connectivity index (χ3v) is 6.40. The van der Waals surface area contributed by atoms with Crippen molar-refractivity contribution in [2.75, 3.05) is 21.3 Å². The van der Waals surface area contributed by atoms with Gasteiger partial charge in [0.05, 0.1) is 33.8 Å². The molecule has 170 valence electrons. The highest BCUT2D eigenvalue weighted by Gasteiger charge is 2.35. The van der Waals surface area contributed by atoms with Gasteiger partial charge < -0.3 is 24.4 Å². The van der Waals surface area contributed by atoms with Gasteiger partial charge in [0.1, 0.15) is 0 Å². The Morgan fingerprint density at radius 1 is 1.06 bits per heavy atom. The molecule has 1 aliphatic heterocycles. The number of carbonyl (C=O) groups is 2. The number of nitrogens with zero attached hydrogens (tertiary/aromatic N) is 1. The van der Waals surface area contributed by atoms with Crippen molar-refractivity contribution in [3.05, 3.63) is 53.1 Å². The Morgan fingerprint density at radius 2 is 1.72 bits per heavy atom. The zero-order valence-electron chi connectivity index (χ0n) is 18.8. The molecule has 32 heavy (non-hydrogen) atoms. The molecule has 7 nitrogen and oxygen atoms in total. The van der Waals surface area contributed by atoms with E-state index in [1.807, 2.05) is 36.4 Å². The van der Waals surface area contributed by atoms with E-state index in [4.69, 9.17) is 14.2 Å². The molecule has 1 atom stereocenters. The Balaban J connectivity index is 1.69. The molecule has 0 bridgehead atoms. The van der Waals surface area contributed by atoms with E-state index in [2.05, 4.69) is 5.32 Å². The molecule has 1 aliphatic carbocycles. The van der Waals surface area contributed by atoms with Gasteiger partial charge in [-0.2, -0.15) is 0 Å². The van der Waals surface area contributed by atoms with Gasteiger partial charge in [-0.1, -0.05) is 31.0 Å². The summed E-state index contributed by atoms with van der Waals surface area (Å²) in [7, 11) is 4.66. The van der Waals surface area contributed by atoms with Crippen LogP contribution in [0.1, 0.15) is 59.6 Å². The van der Waals surface area contributed by atoms with Gasteiger partial charge in [0.15, 0.2) is 11.5 Å². The normalized spacial score (nSPS) is 16.6. The summed E-state index contributed by atoms with van der Waals surface area (Å²) < 4.78 is 16.5. The lowest BCUT2D eigenvalue weighted by Crippen LogP contribution is -2.37. The van der Waals surface area contributed by atoms with Crippen LogP contribution in [-0.4, -0.2) is 44.1 Å². The van der Waals surface area contributed by atoms with Crippen LogP contribution in [0.3, 0.4) is 0 Å². The lowest BCUT2D eigenvalue weighted by molar-refractivity contribution is -0.122. The fourth-order valence-electron chi connectivity index (χ4n) is 4.76. The number of methoxy groups -OCH3 is 3. The molecule has 0 aromatic heterocycles. The Labute approximate surface area is 188 Å². The minimum absolute atomic E-state index is 0.0561. The molecule has 1 saturated carbocycles. The fourth-order valence-corrected chi connectivity index (χ4v) is 4.76. The quantitative estimate of drug-likeness (QED) is 0.677. The standard InChI is InChI=1S/C25H30N2O5/c1-30-21-12-17(13-22(31-2)24(21)32-3)20(14-23(28)26-18-9-5-6-10-18)27-15-16-8-4-7-11-19(16)25(27)29/h4,7-8,11-13,18,20H,5-6,9-10,14-15H2,1-3H3,(H,26,28). The summed E-state index contributed by atoms with van der Waals surface area (Å²) in [6.45, 7) is 0.451. The SMILES string of the molecule is COc1cc(C(CC(=O)NC2CCCC2)N2Cc3ccccc3C2=O)cc(OC)c1OC. The molecule has 1 fully saturated rings.